The number of nitrogens with zero attached hydrogens (tertiary/aromatic N) is 3. The van der Waals surface area contributed by atoms with Gasteiger partial charge < -0.3 is 0 Å². The van der Waals surface area contributed by atoms with Gasteiger partial charge in [-0.3, -0.25) is 4.57 Å². The van der Waals surface area contributed by atoms with Crippen molar-refractivity contribution in [3.63, 3.8) is 0 Å². The number of allylic oxidation sites excluding steroid dienone is 1. The quantitative estimate of drug-likeness (QED) is 0.193. The van der Waals surface area contributed by atoms with Gasteiger partial charge in [-0.15, -0.1) is 0 Å². The van der Waals surface area contributed by atoms with Gasteiger partial charge in [0.05, 0.1) is 0 Å². The summed E-state index contributed by atoms with van der Waals surface area (Å²) >= 11 is 0. The summed E-state index contributed by atoms with van der Waals surface area (Å²) in [6.07, 6.45) is 5.85. The molecule has 0 radical (unpaired) electrons. The zero-order chi connectivity index (χ0) is 31.5. The summed E-state index contributed by atoms with van der Waals surface area (Å²) in [6, 6.07) is 29.0. The molecule has 0 aliphatic heterocycles. The first-order valence-electron chi connectivity index (χ1n) is 15.2. The van der Waals surface area contributed by atoms with Crippen molar-refractivity contribution in [3.05, 3.63) is 121 Å². The van der Waals surface area contributed by atoms with Crippen molar-refractivity contribution < 1.29 is 8.96 Å². The molecular weight excluding hydrogens is 517 g/mol. The van der Waals surface area contributed by atoms with Crippen molar-refractivity contribution in [2.75, 3.05) is 6.67 Å². The molecule has 0 aliphatic carbocycles. The molecule has 0 amide bonds. The Labute approximate surface area is 254 Å². The minimum absolute atomic E-state index is 0.483. The van der Waals surface area contributed by atoms with E-state index in [4.69, 9.17) is 0 Å². The Morgan fingerprint density at radius 3 is 2.05 bits per heavy atom. The molecule has 2 heterocycles. The van der Waals surface area contributed by atoms with Gasteiger partial charge in [0.25, 0.3) is 0 Å². The van der Waals surface area contributed by atoms with E-state index in [1.165, 1.54) is 16.3 Å². The number of alkyl halides is 1. The summed E-state index contributed by atoms with van der Waals surface area (Å²) in [5.41, 5.74) is 4.86. The standard InChI is InChI=1S/C19H14N2.C11H15FN.C4H10.2C2H6/c1-2-8-18(9-3-1)21-13-12-20-19(21)17-11-10-15-6-4-5-7-16(15)14-17;1-4-13-8-9(2)5-6-11(13)10(3)7-12;1-4(2)3;2*1-2/h1-14H;5-6,8H,3-4,7H2,1-2H3;4H,1-3H3;2*1-2H3/q;+1;;;. The maximum Gasteiger partial charge on any atom is 0.210 e. The highest BCUT2D eigenvalue weighted by atomic mass is 19.1. The summed E-state index contributed by atoms with van der Waals surface area (Å²) in [5.74, 6) is 1.80. The van der Waals surface area contributed by atoms with Gasteiger partial charge in [0, 0.05) is 40.8 Å². The number of hydrogen-bond acceptors (Lipinski definition) is 1. The highest BCUT2D eigenvalue weighted by Crippen LogP contribution is 2.25. The maximum atomic E-state index is 12.4. The van der Waals surface area contributed by atoms with Crippen molar-refractivity contribution in [2.24, 2.45) is 5.92 Å². The number of imidazole rings is 1. The Kier molecular flexibility index (Phi) is 17.1. The van der Waals surface area contributed by atoms with E-state index in [1.54, 1.807) is 0 Å². The number of aryl methyl sites for hydroxylation is 2. The van der Waals surface area contributed by atoms with Crippen molar-refractivity contribution in [2.45, 2.75) is 68.9 Å². The molecule has 0 atom stereocenters. The number of fused-ring (bicyclic) bond motifs is 1. The van der Waals surface area contributed by atoms with E-state index in [-0.39, 0.29) is 0 Å². The largest absolute Gasteiger partial charge is 0.300 e. The highest BCUT2D eigenvalue weighted by molar-refractivity contribution is 5.86. The molecule has 0 fully saturated rings. The molecule has 0 unspecified atom stereocenters. The molecule has 3 aromatic carbocycles. The van der Waals surface area contributed by atoms with Crippen LogP contribution in [0.4, 0.5) is 4.39 Å². The lowest BCUT2D eigenvalue weighted by Gasteiger charge is -2.08. The average Bonchev–Trinajstić information content (AvgIpc) is 3.53. The minimum atomic E-state index is -0.483. The second kappa shape index (κ2) is 19.9. The molecule has 3 nitrogen and oxygen atoms in total. The summed E-state index contributed by atoms with van der Waals surface area (Å²) in [4.78, 5) is 4.53. The van der Waals surface area contributed by atoms with Crippen LogP contribution in [-0.2, 0) is 6.54 Å². The van der Waals surface area contributed by atoms with E-state index in [1.807, 2.05) is 95.0 Å². The molecule has 0 aliphatic rings. The summed E-state index contributed by atoms with van der Waals surface area (Å²) < 4.78 is 16.5. The number of para-hydroxylation sites is 1. The monoisotopic (exact) mass is 568 g/mol. The topological polar surface area (TPSA) is 21.7 Å². The fraction of sp³-hybridized carbons (Fsp3) is 0.316. The summed E-state index contributed by atoms with van der Waals surface area (Å²) in [6.45, 7) is 22.6. The van der Waals surface area contributed by atoms with Crippen LogP contribution in [-0.4, -0.2) is 16.2 Å². The fourth-order valence-corrected chi connectivity index (χ4v) is 3.96. The van der Waals surface area contributed by atoms with Crippen LogP contribution in [0.3, 0.4) is 0 Å². The fourth-order valence-electron chi connectivity index (χ4n) is 3.96. The number of benzene rings is 3. The lowest BCUT2D eigenvalue weighted by molar-refractivity contribution is -0.696. The third kappa shape index (κ3) is 11.1. The highest BCUT2D eigenvalue weighted by Gasteiger charge is 2.12. The first-order chi connectivity index (χ1) is 20.3. The molecule has 5 aromatic rings. The van der Waals surface area contributed by atoms with Crippen LogP contribution in [0.5, 0.6) is 0 Å². The second-order valence-corrected chi connectivity index (χ2v) is 9.87. The van der Waals surface area contributed by atoms with Crippen LogP contribution in [0.1, 0.15) is 66.6 Å². The Morgan fingerprint density at radius 2 is 1.45 bits per heavy atom. The first kappa shape index (κ1) is 36.0. The van der Waals surface area contributed by atoms with Gasteiger partial charge in [-0.25, -0.2) is 9.37 Å². The smallest absolute Gasteiger partial charge is 0.210 e. The van der Waals surface area contributed by atoms with Crippen molar-refractivity contribution in [3.8, 4) is 17.1 Å². The average molecular weight is 569 g/mol. The van der Waals surface area contributed by atoms with E-state index in [0.29, 0.717) is 5.57 Å². The molecule has 4 heteroatoms. The zero-order valence-corrected chi connectivity index (χ0v) is 27.2. The predicted molar refractivity (Wildman–Crippen MR) is 182 cm³/mol. The van der Waals surface area contributed by atoms with E-state index in [9.17, 15) is 4.39 Å². The van der Waals surface area contributed by atoms with Gasteiger partial charge in [0.15, 0.2) is 6.20 Å². The third-order valence-corrected chi connectivity index (χ3v) is 5.72. The molecule has 42 heavy (non-hydrogen) atoms. The number of pyridine rings is 1. The number of aromatic nitrogens is 3. The normalized spacial score (nSPS) is 9.69. The zero-order valence-electron chi connectivity index (χ0n) is 27.2. The van der Waals surface area contributed by atoms with Crippen molar-refractivity contribution >= 4 is 16.3 Å². The minimum Gasteiger partial charge on any atom is -0.300 e. The van der Waals surface area contributed by atoms with Crippen molar-refractivity contribution in [1.82, 2.24) is 9.55 Å². The van der Waals surface area contributed by atoms with Gasteiger partial charge in [-0.1, -0.05) is 110 Å². The van der Waals surface area contributed by atoms with Gasteiger partial charge in [0.2, 0.25) is 5.69 Å². The predicted octanol–water partition coefficient (Wildman–Crippen LogP) is 10.7. The van der Waals surface area contributed by atoms with E-state index in [0.717, 1.165) is 35.2 Å². The lowest BCUT2D eigenvalue weighted by Crippen LogP contribution is -2.37. The number of halogens is 1. The summed E-state index contributed by atoms with van der Waals surface area (Å²) in [7, 11) is 0. The Bertz CT molecular complexity index is 1450. The molecule has 0 N–H and O–H groups in total. The van der Waals surface area contributed by atoms with Crippen LogP contribution in [0, 0.1) is 12.8 Å². The van der Waals surface area contributed by atoms with Gasteiger partial charge in [0.1, 0.15) is 19.0 Å². The summed E-state index contributed by atoms with van der Waals surface area (Å²) in [5, 5.41) is 2.48. The van der Waals surface area contributed by atoms with Gasteiger partial charge in [-0.2, -0.15) is 4.57 Å². The Balaban J connectivity index is 0.000000361. The van der Waals surface area contributed by atoms with Crippen molar-refractivity contribution in [1.29, 1.82) is 0 Å². The van der Waals surface area contributed by atoms with Crippen LogP contribution >= 0.6 is 0 Å². The van der Waals surface area contributed by atoms with Crippen LogP contribution in [0.25, 0.3) is 33.4 Å². The first-order valence-corrected chi connectivity index (χ1v) is 15.2. The van der Waals surface area contributed by atoms with Gasteiger partial charge in [-0.05, 0) is 54.8 Å². The molecule has 0 saturated carbocycles. The van der Waals surface area contributed by atoms with Gasteiger partial charge >= 0.3 is 0 Å². The molecule has 0 spiro atoms. The Hall–Kier alpha value is -4.05. The molecular formula is C38H51FN3+. The van der Waals surface area contributed by atoms with E-state index in [2.05, 4.69) is 91.5 Å². The maximum absolute atomic E-state index is 12.4. The molecule has 224 valence electrons. The molecule has 0 bridgehead atoms. The molecule has 5 rings (SSSR count). The second-order valence-electron chi connectivity index (χ2n) is 9.87. The van der Waals surface area contributed by atoms with E-state index >= 15 is 0 Å². The lowest BCUT2D eigenvalue weighted by atomic mass is 10.1. The Morgan fingerprint density at radius 1 is 0.857 bits per heavy atom. The third-order valence-electron chi connectivity index (χ3n) is 5.72. The van der Waals surface area contributed by atoms with Crippen LogP contribution in [0.15, 0.2) is 110 Å². The SMILES string of the molecule is C=C(CF)c1ccc(C)c[n+]1CC.CC.CC.CC(C)C.c1ccc(-n2ccnc2-c2ccc3ccccc3c2)cc1. The molecule has 2 aromatic heterocycles. The molecule has 0 saturated heterocycles. The van der Waals surface area contributed by atoms with Crippen LogP contribution < -0.4 is 4.57 Å². The van der Waals surface area contributed by atoms with E-state index < -0.39 is 6.67 Å². The number of rotatable bonds is 5. The van der Waals surface area contributed by atoms with Crippen LogP contribution in [0.2, 0.25) is 0 Å². The number of hydrogen-bond donors (Lipinski definition) is 0.